The van der Waals surface area contributed by atoms with Crippen molar-refractivity contribution in [3.63, 3.8) is 0 Å². The number of carbonyl (C=O) groups excluding carboxylic acids is 3. The summed E-state index contributed by atoms with van der Waals surface area (Å²) in [6.07, 6.45) is 3.31. The van der Waals surface area contributed by atoms with Crippen molar-refractivity contribution in [2.24, 2.45) is 16.8 Å². The number of carbonyl (C=O) groups is 3. The molecule has 6 rings (SSSR count). The van der Waals surface area contributed by atoms with Crippen molar-refractivity contribution < 1.29 is 45.8 Å². The molecule has 45 heavy (non-hydrogen) atoms. The van der Waals surface area contributed by atoms with Crippen LogP contribution in [0.4, 0.5) is 33.6 Å². The summed E-state index contributed by atoms with van der Waals surface area (Å²) < 4.78 is 79.9. The van der Waals surface area contributed by atoms with E-state index in [0.29, 0.717) is 0 Å². The highest BCUT2D eigenvalue weighted by atomic mass is 19.3. The Morgan fingerprint density at radius 1 is 0.956 bits per heavy atom. The number of pyridine rings is 1. The number of hydrogen-bond acceptors (Lipinski definition) is 6. The Morgan fingerprint density at radius 3 is 2.33 bits per heavy atom. The fourth-order valence-electron chi connectivity index (χ4n) is 6.24. The minimum absolute atomic E-state index is 0.0432. The Hall–Kier alpha value is -4.88. The lowest BCUT2D eigenvalue weighted by Gasteiger charge is -2.42. The molecule has 234 valence electrons. The maximum atomic E-state index is 15.3. The van der Waals surface area contributed by atoms with E-state index in [4.69, 9.17) is 4.74 Å². The van der Waals surface area contributed by atoms with E-state index in [1.54, 1.807) is 0 Å². The number of nitrogens with zero attached hydrogens (tertiary/aromatic N) is 4. The van der Waals surface area contributed by atoms with Crippen LogP contribution >= 0.6 is 0 Å². The lowest BCUT2D eigenvalue weighted by molar-refractivity contribution is -0.129. The zero-order valence-electron chi connectivity index (χ0n) is 23.6. The lowest BCUT2D eigenvalue weighted by Crippen LogP contribution is -2.59. The first-order valence-corrected chi connectivity index (χ1v) is 14.0. The monoisotopic (exact) mass is 628 g/mol. The van der Waals surface area contributed by atoms with Gasteiger partial charge in [0.1, 0.15) is 29.0 Å². The van der Waals surface area contributed by atoms with E-state index < -0.39 is 65.6 Å². The summed E-state index contributed by atoms with van der Waals surface area (Å²) >= 11 is 0. The molecule has 3 unspecified atom stereocenters. The molecule has 0 bridgehead atoms. The summed E-state index contributed by atoms with van der Waals surface area (Å²) in [5.41, 5.74) is -0.550. The minimum atomic E-state index is -3.07. The van der Waals surface area contributed by atoms with Crippen LogP contribution in [0.5, 0.6) is 11.5 Å². The molecule has 3 aliphatic rings. The zero-order chi connectivity index (χ0) is 32.0. The van der Waals surface area contributed by atoms with Gasteiger partial charge in [0.05, 0.1) is 18.9 Å². The number of aromatic nitrogens is 1. The molecule has 3 heterocycles. The van der Waals surface area contributed by atoms with Crippen LogP contribution in [0.15, 0.2) is 53.5 Å². The van der Waals surface area contributed by atoms with Gasteiger partial charge in [-0.3, -0.25) is 24.2 Å². The van der Waals surface area contributed by atoms with Gasteiger partial charge in [-0.1, -0.05) is 6.42 Å². The molecule has 3 fully saturated rings. The Balaban J connectivity index is 1.34. The number of aliphatic imine (C=N–C) groups is 1. The van der Waals surface area contributed by atoms with Gasteiger partial charge >= 0.3 is 6.61 Å². The third kappa shape index (κ3) is 5.49. The molecule has 0 radical (unpaired) electrons. The number of β-lactam (4-membered cyclic amide) rings is 1. The lowest BCUT2D eigenvalue weighted by atomic mass is 9.88. The van der Waals surface area contributed by atoms with Gasteiger partial charge in [0.25, 0.3) is 5.91 Å². The fourth-order valence-corrected chi connectivity index (χ4v) is 6.24. The van der Waals surface area contributed by atoms with Gasteiger partial charge in [-0.15, -0.1) is 0 Å². The zero-order valence-corrected chi connectivity index (χ0v) is 23.6. The van der Waals surface area contributed by atoms with Crippen LogP contribution in [0.1, 0.15) is 41.1 Å². The molecule has 3 aromatic rings. The highest BCUT2D eigenvalue weighted by molar-refractivity contribution is 6.10. The van der Waals surface area contributed by atoms with Crippen LogP contribution in [-0.4, -0.2) is 55.2 Å². The number of hydrogen-bond donors (Lipinski definition) is 0. The number of benzene rings is 2. The number of fused-ring (bicyclic) bond motifs is 1. The minimum Gasteiger partial charge on any atom is -0.497 e. The Labute approximate surface area is 253 Å². The molecule has 14 heteroatoms. The summed E-state index contributed by atoms with van der Waals surface area (Å²) in [5.74, 6) is -8.29. The highest BCUT2D eigenvalue weighted by Crippen LogP contribution is 2.44. The summed E-state index contributed by atoms with van der Waals surface area (Å²) in [6, 6.07) is 8.80. The van der Waals surface area contributed by atoms with Crippen molar-refractivity contribution in [1.82, 2.24) is 4.98 Å². The van der Waals surface area contributed by atoms with Gasteiger partial charge in [-0.2, -0.15) is 8.78 Å². The van der Waals surface area contributed by atoms with E-state index >= 15 is 13.2 Å². The molecule has 9 nitrogen and oxygen atoms in total. The quantitative estimate of drug-likeness (QED) is 0.191. The summed E-state index contributed by atoms with van der Waals surface area (Å²) in [5, 5.41) is 0. The van der Waals surface area contributed by atoms with Crippen LogP contribution in [0.25, 0.3) is 0 Å². The number of rotatable bonds is 8. The Morgan fingerprint density at radius 2 is 1.67 bits per heavy atom. The van der Waals surface area contributed by atoms with Gasteiger partial charge in [0.15, 0.2) is 11.6 Å². The van der Waals surface area contributed by atoms with Gasteiger partial charge in [0, 0.05) is 48.0 Å². The van der Waals surface area contributed by atoms with Gasteiger partial charge in [-0.05, 0) is 49.2 Å². The molecule has 0 N–H and O–H groups in total. The van der Waals surface area contributed by atoms with Crippen molar-refractivity contribution in [3.05, 3.63) is 77.1 Å². The number of ether oxygens (including phenoxy) is 2. The van der Waals surface area contributed by atoms with Crippen LogP contribution in [-0.2, 0) is 9.59 Å². The topological polar surface area (TPSA) is 101 Å². The first kappa shape index (κ1) is 30.2. The molecule has 4 atom stereocenters. The summed E-state index contributed by atoms with van der Waals surface area (Å²) in [4.78, 5) is 49.8. The number of methoxy groups -OCH3 is 1. The van der Waals surface area contributed by atoms with E-state index in [0.717, 1.165) is 60.7 Å². The normalized spacial score (nSPS) is 22.7. The van der Waals surface area contributed by atoms with E-state index in [1.807, 2.05) is 0 Å². The average Bonchev–Trinajstić information content (AvgIpc) is 3.57. The maximum Gasteiger partial charge on any atom is 0.387 e. The third-order valence-corrected chi connectivity index (χ3v) is 8.38. The third-order valence-electron chi connectivity index (χ3n) is 8.38. The SMILES string of the molecule is COc1cc(F)c([C@@H]2CN(c3nc(N4C(=O)C5CCCC54)ccc3F)C(=O)C2C=NC(=O)c2ccc(OC(F)F)cc2)c(F)c1. The first-order valence-electron chi connectivity index (χ1n) is 14.0. The van der Waals surface area contributed by atoms with Crippen LogP contribution in [0, 0.1) is 29.3 Å². The highest BCUT2D eigenvalue weighted by Gasteiger charge is 2.51. The van der Waals surface area contributed by atoms with Crippen LogP contribution in [0.3, 0.4) is 0 Å². The predicted molar refractivity (Wildman–Crippen MR) is 150 cm³/mol. The Bertz CT molecular complexity index is 1680. The number of alkyl halides is 2. The molecule has 2 aromatic carbocycles. The summed E-state index contributed by atoms with van der Waals surface area (Å²) in [7, 11) is 1.22. The second kappa shape index (κ2) is 11.9. The molecule has 0 spiro atoms. The molecule has 2 aliphatic heterocycles. The number of halogens is 5. The molecule has 1 aliphatic carbocycles. The number of amides is 3. The fraction of sp³-hybridized carbons (Fsp3) is 0.323. The standard InChI is InChI=1S/C31H25F5N4O5/c1-44-17-11-22(33)26(23(34)12-17)20-14-39(27-21(32)9-10-25(38-27)40-24-4-2-3-18(24)30(40)43)29(42)19(20)13-37-28(41)15-5-7-16(8-6-15)45-31(35)36/h5-13,18-20,24,31H,2-4,14H2,1H3/t18?,19?,20-,24?/m1/s1. The average molecular weight is 629 g/mol. The molecule has 3 amide bonds. The predicted octanol–water partition coefficient (Wildman–Crippen LogP) is 5.28. The smallest absolute Gasteiger partial charge is 0.387 e. The molecular weight excluding hydrogens is 603 g/mol. The van der Waals surface area contributed by atoms with Gasteiger partial charge in [-0.25, -0.2) is 23.1 Å². The van der Waals surface area contributed by atoms with Crippen molar-refractivity contribution in [2.75, 3.05) is 23.5 Å². The van der Waals surface area contributed by atoms with E-state index in [1.165, 1.54) is 30.2 Å². The van der Waals surface area contributed by atoms with Gasteiger partial charge in [0.2, 0.25) is 11.8 Å². The van der Waals surface area contributed by atoms with E-state index in [-0.39, 0.29) is 40.7 Å². The molecular formula is C31H25F5N4O5. The van der Waals surface area contributed by atoms with E-state index in [2.05, 4.69) is 14.7 Å². The summed E-state index contributed by atoms with van der Waals surface area (Å²) in [6.45, 7) is -3.50. The molecule has 1 saturated carbocycles. The second-order valence-electron chi connectivity index (χ2n) is 10.9. The maximum absolute atomic E-state index is 15.3. The van der Waals surface area contributed by atoms with Crippen molar-refractivity contribution in [1.29, 1.82) is 0 Å². The first-order chi connectivity index (χ1) is 21.6. The largest absolute Gasteiger partial charge is 0.497 e. The van der Waals surface area contributed by atoms with Crippen molar-refractivity contribution >= 4 is 35.6 Å². The van der Waals surface area contributed by atoms with E-state index in [9.17, 15) is 23.2 Å². The van der Waals surface area contributed by atoms with Crippen molar-refractivity contribution in [2.45, 2.75) is 37.8 Å². The Kier molecular flexibility index (Phi) is 7.97. The van der Waals surface area contributed by atoms with Gasteiger partial charge < -0.3 is 9.47 Å². The van der Waals surface area contributed by atoms with Crippen molar-refractivity contribution in [3.8, 4) is 11.5 Å². The van der Waals surface area contributed by atoms with Crippen LogP contribution < -0.4 is 19.3 Å². The molecule has 1 aromatic heterocycles. The van der Waals surface area contributed by atoms with Crippen LogP contribution in [0.2, 0.25) is 0 Å². The second-order valence-corrected chi connectivity index (χ2v) is 10.9. The molecule has 2 saturated heterocycles. The number of anilines is 2.